The summed E-state index contributed by atoms with van der Waals surface area (Å²) in [6, 6.07) is 16.2. The molecule has 0 N–H and O–H groups in total. The second-order valence-corrected chi connectivity index (χ2v) is 8.89. The number of hydrogen-bond donors (Lipinski definition) is 0. The van der Waals surface area contributed by atoms with E-state index in [1.165, 1.54) is 29.6 Å². The molecule has 7 heteroatoms. The van der Waals surface area contributed by atoms with Crippen molar-refractivity contribution in [2.45, 2.75) is 32.3 Å². The summed E-state index contributed by atoms with van der Waals surface area (Å²) in [4.78, 5) is 28.8. The van der Waals surface area contributed by atoms with E-state index in [1.807, 2.05) is 12.1 Å². The molecule has 4 rings (SSSR count). The van der Waals surface area contributed by atoms with Gasteiger partial charge in [-0.15, -0.1) is 0 Å². The van der Waals surface area contributed by atoms with E-state index in [9.17, 15) is 9.59 Å². The highest BCUT2D eigenvalue weighted by atomic mass is 16.5. The maximum atomic E-state index is 13.2. The van der Waals surface area contributed by atoms with Crippen molar-refractivity contribution in [1.82, 2.24) is 9.80 Å². The Bertz CT molecular complexity index is 1180. The summed E-state index contributed by atoms with van der Waals surface area (Å²) < 4.78 is 16.2. The average Bonchev–Trinajstić information content (AvgIpc) is 2.84. The molecule has 1 aliphatic rings. The first kappa shape index (κ1) is 24.0. The SMILES string of the molecule is CCC(C)c1ccc2cc3c(C(=O)OC4CN(COC)C(=O)N(COC)C4)cccc3cc2c1. The Labute approximate surface area is 200 Å². The van der Waals surface area contributed by atoms with Gasteiger partial charge in [-0.25, -0.2) is 9.59 Å². The van der Waals surface area contributed by atoms with E-state index in [4.69, 9.17) is 14.2 Å². The molecule has 1 unspecified atom stereocenters. The van der Waals surface area contributed by atoms with Gasteiger partial charge >= 0.3 is 12.0 Å². The number of benzene rings is 3. The molecule has 3 aromatic rings. The molecule has 1 aliphatic heterocycles. The van der Waals surface area contributed by atoms with Crippen LogP contribution in [0.4, 0.5) is 4.79 Å². The summed E-state index contributed by atoms with van der Waals surface area (Å²) in [5.74, 6) is 0.0920. The third-order valence-electron chi connectivity index (χ3n) is 6.50. The monoisotopic (exact) mass is 464 g/mol. The van der Waals surface area contributed by atoms with Crippen LogP contribution < -0.4 is 0 Å². The Kier molecular flexibility index (Phi) is 7.34. The fourth-order valence-corrected chi connectivity index (χ4v) is 4.49. The topological polar surface area (TPSA) is 68.3 Å². The highest BCUT2D eigenvalue weighted by molar-refractivity contribution is 6.09. The van der Waals surface area contributed by atoms with Crippen LogP contribution in [0.2, 0.25) is 0 Å². The van der Waals surface area contributed by atoms with Crippen molar-refractivity contribution in [1.29, 1.82) is 0 Å². The smallest absolute Gasteiger partial charge is 0.339 e. The van der Waals surface area contributed by atoms with Crippen LogP contribution in [0.5, 0.6) is 0 Å². The van der Waals surface area contributed by atoms with E-state index >= 15 is 0 Å². The summed E-state index contributed by atoms with van der Waals surface area (Å²) in [6.45, 7) is 5.20. The lowest BCUT2D eigenvalue weighted by Gasteiger charge is -2.38. The van der Waals surface area contributed by atoms with Gasteiger partial charge in [0, 0.05) is 14.2 Å². The molecule has 1 heterocycles. The second kappa shape index (κ2) is 10.4. The van der Waals surface area contributed by atoms with Crippen molar-refractivity contribution in [2.24, 2.45) is 0 Å². The minimum absolute atomic E-state index is 0.117. The Morgan fingerprint density at radius 2 is 1.68 bits per heavy atom. The highest BCUT2D eigenvalue weighted by Gasteiger charge is 2.34. The number of amides is 2. The van der Waals surface area contributed by atoms with E-state index in [1.54, 1.807) is 6.07 Å². The van der Waals surface area contributed by atoms with Crippen LogP contribution in [0.3, 0.4) is 0 Å². The van der Waals surface area contributed by atoms with Crippen LogP contribution in [-0.2, 0) is 14.2 Å². The number of carbonyl (C=O) groups is 2. The molecule has 0 aromatic heterocycles. The number of nitrogens with zero attached hydrogens (tertiary/aromatic N) is 2. The van der Waals surface area contributed by atoms with Gasteiger partial charge in [0.15, 0.2) is 0 Å². The molecule has 0 radical (unpaired) electrons. The van der Waals surface area contributed by atoms with Gasteiger partial charge in [-0.05, 0) is 57.6 Å². The van der Waals surface area contributed by atoms with Gasteiger partial charge in [0.2, 0.25) is 0 Å². The zero-order valence-corrected chi connectivity index (χ0v) is 20.2. The Morgan fingerprint density at radius 3 is 2.32 bits per heavy atom. The molecule has 0 bridgehead atoms. The zero-order chi connectivity index (χ0) is 24.2. The summed E-state index contributed by atoms with van der Waals surface area (Å²) in [6.07, 6.45) is 0.593. The van der Waals surface area contributed by atoms with Gasteiger partial charge < -0.3 is 14.2 Å². The lowest BCUT2D eigenvalue weighted by molar-refractivity contribution is -0.0401. The average molecular weight is 465 g/mol. The third-order valence-corrected chi connectivity index (χ3v) is 6.50. The molecule has 0 spiro atoms. The van der Waals surface area contributed by atoms with E-state index in [0.717, 1.165) is 28.0 Å². The highest BCUT2D eigenvalue weighted by Crippen LogP contribution is 2.29. The number of urea groups is 1. The summed E-state index contributed by atoms with van der Waals surface area (Å²) >= 11 is 0. The van der Waals surface area contributed by atoms with Gasteiger partial charge in [0.1, 0.15) is 19.6 Å². The quantitative estimate of drug-likeness (QED) is 0.348. The molecular weight excluding hydrogens is 432 g/mol. The summed E-state index contributed by atoms with van der Waals surface area (Å²) in [7, 11) is 3.05. The first-order valence-electron chi connectivity index (χ1n) is 11.6. The minimum atomic E-state index is -0.496. The normalized spacial score (nSPS) is 15.8. The molecule has 180 valence electrons. The van der Waals surface area contributed by atoms with Crippen LogP contribution in [0, 0.1) is 0 Å². The van der Waals surface area contributed by atoms with Gasteiger partial charge in [-0.1, -0.05) is 44.2 Å². The van der Waals surface area contributed by atoms with Crippen LogP contribution >= 0.6 is 0 Å². The summed E-state index contributed by atoms with van der Waals surface area (Å²) in [5.41, 5.74) is 1.83. The largest absolute Gasteiger partial charge is 0.455 e. The molecule has 1 atom stereocenters. The molecule has 3 aromatic carbocycles. The Hall–Kier alpha value is -3.16. The van der Waals surface area contributed by atoms with Crippen molar-refractivity contribution in [3.8, 4) is 0 Å². The van der Waals surface area contributed by atoms with Crippen molar-refractivity contribution in [2.75, 3.05) is 40.8 Å². The number of fused-ring (bicyclic) bond motifs is 2. The third kappa shape index (κ3) is 4.86. The Balaban J connectivity index is 1.61. The van der Waals surface area contributed by atoms with Crippen molar-refractivity contribution in [3.05, 3.63) is 59.7 Å². The van der Waals surface area contributed by atoms with Crippen LogP contribution in [-0.4, -0.2) is 68.7 Å². The van der Waals surface area contributed by atoms with Gasteiger partial charge in [-0.2, -0.15) is 0 Å². The molecular formula is C27H32N2O5. The Morgan fingerprint density at radius 1 is 0.971 bits per heavy atom. The minimum Gasteiger partial charge on any atom is -0.455 e. The van der Waals surface area contributed by atoms with Crippen molar-refractivity contribution < 1.29 is 23.8 Å². The number of hydrogen-bond acceptors (Lipinski definition) is 5. The lowest BCUT2D eigenvalue weighted by Crippen LogP contribution is -2.57. The van der Waals surface area contributed by atoms with Gasteiger partial charge in [-0.3, -0.25) is 9.80 Å². The first-order chi connectivity index (χ1) is 16.4. The lowest BCUT2D eigenvalue weighted by atomic mass is 9.94. The van der Waals surface area contributed by atoms with Crippen LogP contribution in [0.1, 0.15) is 42.1 Å². The van der Waals surface area contributed by atoms with Crippen molar-refractivity contribution in [3.63, 3.8) is 0 Å². The molecule has 0 saturated carbocycles. The van der Waals surface area contributed by atoms with Crippen molar-refractivity contribution >= 4 is 33.5 Å². The van der Waals surface area contributed by atoms with E-state index in [0.29, 0.717) is 11.5 Å². The fourth-order valence-electron chi connectivity index (χ4n) is 4.49. The second-order valence-electron chi connectivity index (χ2n) is 8.89. The first-order valence-corrected chi connectivity index (χ1v) is 11.6. The van der Waals surface area contributed by atoms with Crippen LogP contribution in [0.15, 0.2) is 48.5 Å². The molecule has 1 fully saturated rings. The zero-order valence-electron chi connectivity index (χ0n) is 20.2. The summed E-state index contributed by atoms with van der Waals surface area (Å²) in [5, 5.41) is 4.09. The number of rotatable bonds is 8. The van der Waals surface area contributed by atoms with Gasteiger partial charge in [0.25, 0.3) is 0 Å². The van der Waals surface area contributed by atoms with Gasteiger partial charge in [0.05, 0.1) is 18.7 Å². The molecule has 34 heavy (non-hydrogen) atoms. The number of methoxy groups -OCH3 is 2. The van der Waals surface area contributed by atoms with E-state index in [2.05, 4.69) is 44.2 Å². The number of ether oxygens (including phenoxy) is 3. The number of carbonyl (C=O) groups excluding carboxylic acids is 2. The van der Waals surface area contributed by atoms with Crippen LogP contribution in [0.25, 0.3) is 21.5 Å². The molecule has 0 aliphatic carbocycles. The number of esters is 1. The predicted molar refractivity (Wildman–Crippen MR) is 132 cm³/mol. The molecule has 2 amide bonds. The van der Waals surface area contributed by atoms with E-state index in [-0.39, 0.29) is 32.6 Å². The predicted octanol–water partition coefficient (Wildman–Crippen LogP) is 4.98. The maximum absolute atomic E-state index is 13.2. The maximum Gasteiger partial charge on any atom is 0.339 e. The molecule has 1 saturated heterocycles. The molecule has 7 nitrogen and oxygen atoms in total. The standard InChI is InChI=1S/C27H32N2O5/c1-5-18(2)19-9-10-20-13-25-21(12-22(20)11-19)7-6-8-24(25)26(30)34-23-14-28(16-32-3)27(31)29(15-23)17-33-4/h6-13,18,23H,5,14-17H2,1-4H3. The van der Waals surface area contributed by atoms with E-state index < -0.39 is 12.1 Å². The fraction of sp³-hybridized carbons (Fsp3) is 0.407.